The van der Waals surface area contributed by atoms with Crippen molar-refractivity contribution in [2.75, 3.05) is 14.2 Å². The number of hydrogen-bond acceptors (Lipinski definition) is 4. The SMILES string of the molecule is CCc1c(-c2ccc(OC)c(OC)c2)[nH]c2cn[c]nc12. The number of H-pyrrole nitrogens is 1. The molecule has 0 fully saturated rings. The molecule has 1 aromatic carbocycles. The zero-order chi connectivity index (χ0) is 14.8. The van der Waals surface area contributed by atoms with Crippen LogP contribution in [-0.2, 0) is 6.42 Å². The highest BCUT2D eigenvalue weighted by Gasteiger charge is 2.14. The van der Waals surface area contributed by atoms with E-state index in [-0.39, 0.29) is 0 Å². The molecule has 2 aromatic heterocycles. The van der Waals surface area contributed by atoms with Gasteiger partial charge in [-0.15, -0.1) is 0 Å². The summed E-state index contributed by atoms with van der Waals surface area (Å²) < 4.78 is 10.7. The molecule has 0 aliphatic carbocycles. The van der Waals surface area contributed by atoms with E-state index in [9.17, 15) is 0 Å². The van der Waals surface area contributed by atoms with E-state index in [1.165, 1.54) is 0 Å². The molecule has 5 heteroatoms. The van der Waals surface area contributed by atoms with Gasteiger partial charge >= 0.3 is 0 Å². The average Bonchev–Trinajstić information content (AvgIpc) is 2.92. The zero-order valence-corrected chi connectivity index (χ0v) is 12.2. The Morgan fingerprint density at radius 1 is 1.19 bits per heavy atom. The lowest BCUT2D eigenvalue weighted by atomic mass is 10.1. The van der Waals surface area contributed by atoms with Crippen molar-refractivity contribution in [1.29, 1.82) is 0 Å². The van der Waals surface area contributed by atoms with E-state index in [1.807, 2.05) is 18.2 Å². The Morgan fingerprint density at radius 2 is 2.00 bits per heavy atom. The van der Waals surface area contributed by atoms with Crippen molar-refractivity contribution >= 4 is 11.0 Å². The normalized spacial score (nSPS) is 10.8. The quantitative estimate of drug-likeness (QED) is 0.799. The highest BCUT2D eigenvalue weighted by Crippen LogP contribution is 2.35. The second-order valence-corrected chi connectivity index (χ2v) is 4.63. The maximum Gasteiger partial charge on any atom is 0.198 e. The van der Waals surface area contributed by atoms with Gasteiger partial charge in [-0.05, 0) is 24.6 Å². The Balaban J connectivity index is 2.20. The molecule has 5 nitrogen and oxygen atoms in total. The lowest BCUT2D eigenvalue weighted by Gasteiger charge is -2.09. The maximum atomic E-state index is 5.37. The van der Waals surface area contributed by atoms with Crippen LogP contribution in [0.2, 0.25) is 0 Å². The Bertz CT molecular complexity index is 780. The number of rotatable bonds is 4. The second kappa shape index (κ2) is 5.44. The van der Waals surface area contributed by atoms with Gasteiger partial charge in [0.15, 0.2) is 17.8 Å². The molecule has 0 bridgehead atoms. The molecule has 1 N–H and O–H groups in total. The van der Waals surface area contributed by atoms with E-state index in [0.717, 1.165) is 34.3 Å². The Morgan fingerprint density at radius 3 is 2.71 bits per heavy atom. The van der Waals surface area contributed by atoms with E-state index in [2.05, 4.69) is 28.2 Å². The number of aromatic nitrogens is 3. The molecule has 0 unspecified atom stereocenters. The van der Waals surface area contributed by atoms with E-state index in [0.29, 0.717) is 11.5 Å². The van der Waals surface area contributed by atoms with E-state index in [1.54, 1.807) is 20.4 Å². The molecule has 0 aliphatic rings. The largest absolute Gasteiger partial charge is 0.493 e. The minimum atomic E-state index is 0.702. The predicted octanol–water partition coefficient (Wildman–Crippen LogP) is 3.00. The molecule has 3 rings (SSSR count). The fourth-order valence-electron chi connectivity index (χ4n) is 2.53. The number of hydrogen-bond donors (Lipinski definition) is 1. The molecule has 0 amide bonds. The number of nitrogens with zero attached hydrogens (tertiary/aromatic N) is 2. The summed E-state index contributed by atoms with van der Waals surface area (Å²) in [5.41, 5.74) is 5.04. The maximum absolute atomic E-state index is 5.37. The van der Waals surface area contributed by atoms with Crippen molar-refractivity contribution in [2.45, 2.75) is 13.3 Å². The van der Waals surface area contributed by atoms with Crippen molar-refractivity contribution in [3.63, 3.8) is 0 Å². The number of ether oxygens (including phenoxy) is 2. The van der Waals surface area contributed by atoms with Gasteiger partial charge in [-0.1, -0.05) is 6.92 Å². The highest BCUT2D eigenvalue weighted by atomic mass is 16.5. The summed E-state index contributed by atoms with van der Waals surface area (Å²) in [4.78, 5) is 11.6. The molecule has 2 heterocycles. The van der Waals surface area contributed by atoms with Crippen molar-refractivity contribution in [3.05, 3.63) is 36.3 Å². The van der Waals surface area contributed by atoms with Crippen LogP contribution in [0, 0.1) is 6.33 Å². The Hall–Kier alpha value is -2.56. The number of methoxy groups -OCH3 is 2. The standard InChI is InChI=1S/C16H16N3O2/c1-4-11-15(19-12-8-17-9-18-16(11)12)10-5-6-13(20-2)14(7-10)21-3/h5-8,19H,4H2,1-3H3. The summed E-state index contributed by atoms with van der Waals surface area (Å²) in [5, 5.41) is 0. The first-order valence-corrected chi connectivity index (χ1v) is 6.74. The van der Waals surface area contributed by atoms with E-state index in [4.69, 9.17) is 9.47 Å². The molecule has 1 radical (unpaired) electrons. The van der Waals surface area contributed by atoms with Crippen molar-refractivity contribution in [3.8, 4) is 22.8 Å². The molecule has 0 saturated carbocycles. The first-order valence-electron chi connectivity index (χ1n) is 6.74. The van der Waals surface area contributed by atoms with Gasteiger partial charge < -0.3 is 14.5 Å². The van der Waals surface area contributed by atoms with Gasteiger partial charge in [0.05, 0.1) is 37.1 Å². The summed E-state index contributed by atoms with van der Waals surface area (Å²) >= 11 is 0. The first-order chi connectivity index (χ1) is 10.3. The lowest BCUT2D eigenvalue weighted by molar-refractivity contribution is 0.355. The summed E-state index contributed by atoms with van der Waals surface area (Å²) in [6, 6.07) is 5.86. The molecule has 21 heavy (non-hydrogen) atoms. The summed E-state index contributed by atoms with van der Waals surface area (Å²) in [5.74, 6) is 1.41. The summed E-state index contributed by atoms with van der Waals surface area (Å²) in [7, 11) is 3.26. The number of aryl methyl sites for hydroxylation is 1. The Kier molecular flexibility index (Phi) is 3.48. The van der Waals surface area contributed by atoms with Gasteiger partial charge in [-0.3, -0.25) is 0 Å². The van der Waals surface area contributed by atoms with Gasteiger partial charge in [-0.2, -0.15) is 0 Å². The van der Waals surface area contributed by atoms with Crippen LogP contribution < -0.4 is 9.47 Å². The van der Waals surface area contributed by atoms with Crippen molar-refractivity contribution in [2.24, 2.45) is 0 Å². The molecule has 0 spiro atoms. The number of fused-ring (bicyclic) bond motifs is 1. The van der Waals surface area contributed by atoms with Crippen LogP contribution in [0.25, 0.3) is 22.3 Å². The summed E-state index contributed by atoms with van der Waals surface area (Å²) in [6.07, 6.45) is 5.26. The number of nitrogens with one attached hydrogen (secondary N) is 1. The van der Waals surface area contributed by atoms with E-state index >= 15 is 0 Å². The van der Waals surface area contributed by atoms with Crippen molar-refractivity contribution in [1.82, 2.24) is 15.0 Å². The molecular weight excluding hydrogens is 266 g/mol. The average molecular weight is 282 g/mol. The second-order valence-electron chi connectivity index (χ2n) is 4.63. The minimum absolute atomic E-state index is 0.702. The van der Waals surface area contributed by atoms with Gasteiger partial charge in [0.25, 0.3) is 0 Å². The van der Waals surface area contributed by atoms with Crippen LogP contribution in [0.5, 0.6) is 11.5 Å². The molecule has 0 atom stereocenters. The van der Waals surface area contributed by atoms with Crippen LogP contribution in [0.1, 0.15) is 12.5 Å². The van der Waals surface area contributed by atoms with Crippen LogP contribution in [0.4, 0.5) is 0 Å². The van der Waals surface area contributed by atoms with E-state index < -0.39 is 0 Å². The zero-order valence-electron chi connectivity index (χ0n) is 12.2. The third-order valence-corrected chi connectivity index (χ3v) is 3.54. The van der Waals surface area contributed by atoms with Gasteiger partial charge in [0.1, 0.15) is 0 Å². The van der Waals surface area contributed by atoms with Crippen LogP contribution in [-0.4, -0.2) is 29.2 Å². The molecule has 3 aromatic rings. The molecule has 0 aliphatic heterocycles. The smallest absolute Gasteiger partial charge is 0.198 e. The highest BCUT2D eigenvalue weighted by molar-refractivity contribution is 5.87. The minimum Gasteiger partial charge on any atom is -0.493 e. The third kappa shape index (κ3) is 2.20. The van der Waals surface area contributed by atoms with Crippen molar-refractivity contribution < 1.29 is 9.47 Å². The fraction of sp³-hybridized carbons (Fsp3) is 0.250. The topological polar surface area (TPSA) is 60.0 Å². The number of aromatic amines is 1. The van der Waals surface area contributed by atoms with Gasteiger partial charge in [0, 0.05) is 11.1 Å². The number of benzene rings is 1. The van der Waals surface area contributed by atoms with Gasteiger partial charge in [0.2, 0.25) is 0 Å². The lowest BCUT2D eigenvalue weighted by Crippen LogP contribution is -1.92. The van der Waals surface area contributed by atoms with Crippen LogP contribution in [0.3, 0.4) is 0 Å². The predicted molar refractivity (Wildman–Crippen MR) is 80.6 cm³/mol. The molecule has 0 saturated heterocycles. The van der Waals surface area contributed by atoms with Crippen LogP contribution in [0.15, 0.2) is 24.4 Å². The molecular formula is C16H16N3O2. The van der Waals surface area contributed by atoms with Crippen LogP contribution >= 0.6 is 0 Å². The Labute approximate surface area is 123 Å². The van der Waals surface area contributed by atoms with Gasteiger partial charge in [-0.25, -0.2) is 9.97 Å². The fourth-order valence-corrected chi connectivity index (χ4v) is 2.53. The molecule has 107 valence electrons. The monoisotopic (exact) mass is 282 g/mol. The third-order valence-electron chi connectivity index (χ3n) is 3.54. The summed E-state index contributed by atoms with van der Waals surface area (Å²) in [6.45, 7) is 2.11. The first kappa shape index (κ1) is 13.4.